The van der Waals surface area contributed by atoms with Crippen LogP contribution >= 0.6 is 0 Å². The Morgan fingerprint density at radius 1 is 1.16 bits per heavy atom. The Balaban J connectivity index is 1.28. The molecule has 1 aliphatic rings. The second kappa shape index (κ2) is 9.05. The lowest BCUT2D eigenvalue weighted by molar-refractivity contribution is -0.125. The van der Waals surface area contributed by atoms with Crippen molar-refractivity contribution in [1.82, 2.24) is 25.2 Å². The maximum atomic E-state index is 14.6. The molecule has 9 nitrogen and oxygen atoms in total. The minimum Gasteiger partial charge on any atom is -0.459 e. The van der Waals surface area contributed by atoms with E-state index in [-0.39, 0.29) is 30.5 Å². The summed E-state index contributed by atoms with van der Waals surface area (Å²) >= 11 is 0. The highest BCUT2D eigenvalue weighted by Gasteiger charge is 2.38. The predicted molar refractivity (Wildman–Crippen MR) is 135 cm³/mol. The van der Waals surface area contributed by atoms with Crippen molar-refractivity contribution < 1.29 is 18.4 Å². The van der Waals surface area contributed by atoms with Crippen LogP contribution in [0, 0.1) is 5.82 Å². The smallest absolute Gasteiger partial charge is 0.290 e. The molecule has 0 bridgehead atoms. The van der Waals surface area contributed by atoms with Crippen molar-refractivity contribution in [2.75, 3.05) is 12.4 Å². The maximum absolute atomic E-state index is 14.6. The average Bonchev–Trinajstić information content (AvgIpc) is 3.55. The van der Waals surface area contributed by atoms with Crippen molar-refractivity contribution in [1.29, 1.82) is 0 Å². The highest BCUT2D eigenvalue weighted by molar-refractivity contribution is 5.98. The van der Waals surface area contributed by atoms with E-state index >= 15 is 0 Å². The lowest BCUT2D eigenvalue weighted by atomic mass is 9.95. The lowest BCUT2D eigenvalue weighted by Crippen LogP contribution is -2.52. The molecule has 0 unspecified atom stereocenters. The Morgan fingerprint density at radius 2 is 2.00 bits per heavy atom. The van der Waals surface area contributed by atoms with Crippen molar-refractivity contribution in [2.45, 2.75) is 25.6 Å². The first-order valence-corrected chi connectivity index (χ1v) is 11.8. The first kappa shape index (κ1) is 22.7. The van der Waals surface area contributed by atoms with Gasteiger partial charge in [0.2, 0.25) is 5.91 Å². The summed E-state index contributed by atoms with van der Waals surface area (Å²) in [6, 6.07) is 11.4. The van der Waals surface area contributed by atoms with Gasteiger partial charge in [0.05, 0.1) is 23.8 Å². The number of fused-ring (bicyclic) bond motifs is 4. The van der Waals surface area contributed by atoms with Gasteiger partial charge in [-0.2, -0.15) is 0 Å². The number of nitrogens with zero attached hydrogens (tertiary/aromatic N) is 3. The summed E-state index contributed by atoms with van der Waals surface area (Å²) in [7, 11) is 1.52. The fourth-order valence-corrected chi connectivity index (χ4v) is 4.95. The first-order chi connectivity index (χ1) is 18.0. The molecule has 0 saturated carbocycles. The fraction of sp³-hybridized carbons (Fsp3) is 0.185. The largest absolute Gasteiger partial charge is 0.459 e. The van der Waals surface area contributed by atoms with Crippen LogP contribution in [-0.4, -0.2) is 44.8 Å². The first-order valence-electron chi connectivity index (χ1n) is 11.8. The van der Waals surface area contributed by atoms with E-state index in [2.05, 4.69) is 25.6 Å². The third-order valence-electron chi connectivity index (χ3n) is 6.77. The maximum Gasteiger partial charge on any atom is 0.290 e. The molecule has 0 aliphatic carbocycles. The number of rotatable bonds is 5. The Morgan fingerprint density at radius 3 is 2.84 bits per heavy atom. The molecule has 4 heterocycles. The van der Waals surface area contributed by atoms with Crippen molar-refractivity contribution in [3.05, 3.63) is 89.5 Å². The van der Waals surface area contributed by atoms with Crippen molar-refractivity contribution in [2.24, 2.45) is 0 Å². The molecule has 2 amide bonds. The summed E-state index contributed by atoms with van der Waals surface area (Å²) < 4.78 is 20.2. The normalized spacial score (nSPS) is 15.1. The number of hydrogen-bond donors (Lipinski definition) is 3. The van der Waals surface area contributed by atoms with Gasteiger partial charge in [-0.1, -0.05) is 6.07 Å². The van der Waals surface area contributed by atoms with Crippen LogP contribution in [0.25, 0.3) is 21.9 Å². The van der Waals surface area contributed by atoms with E-state index in [9.17, 15) is 14.0 Å². The monoisotopic (exact) mass is 498 g/mol. The molecule has 1 aliphatic heterocycles. The zero-order chi connectivity index (χ0) is 25.5. The number of hydrogen-bond acceptors (Lipinski definition) is 6. The molecule has 6 rings (SSSR count). The number of nitrogens with one attached hydrogen (secondary N) is 3. The number of aromatic amines is 1. The van der Waals surface area contributed by atoms with E-state index in [0.29, 0.717) is 34.3 Å². The van der Waals surface area contributed by atoms with E-state index in [1.165, 1.54) is 24.3 Å². The Bertz CT molecular complexity index is 1660. The highest BCUT2D eigenvalue weighted by Crippen LogP contribution is 2.33. The molecule has 0 spiro atoms. The fourth-order valence-electron chi connectivity index (χ4n) is 4.95. The van der Waals surface area contributed by atoms with E-state index in [1.54, 1.807) is 30.6 Å². The lowest BCUT2D eigenvalue weighted by Gasteiger charge is -2.34. The number of furan rings is 1. The molecular weight excluding hydrogens is 475 g/mol. The molecule has 37 heavy (non-hydrogen) atoms. The number of carbonyl (C=O) groups excluding carboxylic acids is 2. The van der Waals surface area contributed by atoms with Gasteiger partial charge in [-0.15, -0.1) is 0 Å². The number of benzene rings is 2. The SMILES string of the molecule is CNC(=O)[C@H]1Cc2c([nH]c3cccc(F)c23)CN1C(=O)c1occc1CNc1ccc2nccnc2c1. The van der Waals surface area contributed by atoms with Crippen LogP contribution in [0.3, 0.4) is 0 Å². The quantitative estimate of drug-likeness (QED) is 0.340. The van der Waals surface area contributed by atoms with Gasteiger partial charge >= 0.3 is 0 Å². The Kier molecular flexibility index (Phi) is 5.56. The van der Waals surface area contributed by atoms with Crippen LogP contribution in [0.1, 0.15) is 27.4 Å². The van der Waals surface area contributed by atoms with E-state index in [0.717, 1.165) is 16.7 Å². The van der Waals surface area contributed by atoms with Gasteiger partial charge in [0, 0.05) is 60.3 Å². The zero-order valence-electron chi connectivity index (χ0n) is 19.9. The molecule has 0 radical (unpaired) electrons. The summed E-state index contributed by atoms with van der Waals surface area (Å²) in [6.45, 7) is 0.446. The van der Waals surface area contributed by atoms with E-state index < -0.39 is 11.9 Å². The molecule has 0 fully saturated rings. The highest BCUT2D eigenvalue weighted by atomic mass is 19.1. The molecule has 10 heteroatoms. The molecule has 2 aromatic carbocycles. The summed E-state index contributed by atoms with van der Waals surface area (Å²) in [4.78, 5) is 39.8. The van der Waals surface area contributed by atoms with Gasteiger partial charge < -0.3 is 24.9 Å². The van der Waals surface area contributed by atoms with Crippen LogP contribution in [0.2, 0.25) is 0 Å². The average molecular weight is 499 g/mol. The van der Waals surface area contributed by atoms with E-state index in [4.69, 9.17) is 4.42 Å². The van der Waals surface area contributed by atoms with Gasteiger partial charge in [0.15, 0.2) is 5.76 Å². The van der Waals surface area contributed by atoms with Crippen LogP contribution in [-0.2, 0) is 24.3 Å². The number of amides is 2. The minimum absolute atomic E-state index is 0.122. The summed E-state index contributed by atoms with van der Waals surface area (Å²) in [5.74, 6) is -0.949. The number of anilines is 1. The standard InChI is InChI=1S/C27H23FN6O3/c1-29-26(35)23-12-17-22(33-20-4-2-3-18(28)24(17)20)14-34(23)27(36)25-15(7-10-37-25)13-32-16-5-6-19-21(11-16)31-9-8-30-19/h2-11,23,32-33H,12-14H2,1H3,(H,29,35)/t23-/m1/s1. The minimum atomic E-state index is -0.812. The zero-order valence-corrected chi connectivity index (χ0v) is 19.9. The predicted octanol–water partition coefficient (Wildman–Crippen LogP) is 3.77. The van der Waals surface area contributed by atoms with E-state index in [1.807, 2.05) is 18.2 Å². The molecule has 3 N–H and O–H groups in total. The van der Waals surface area contributed by atoms with Crippen LogP contribution in [0.5, 0.6) is 0 Å². The summed E-state index contributed by atoms with van der Waals surface area (Å²) in [5.41, 5.74) is 5.06. The molecule has 5 aromatic rings. The number of aromatic nitrogens is 3. The number of likely N-dealkylation sites (N-methyl/N-ethyl adjacent to an activating group) is 1. The molecule has 186 valence electrons. The van der Waals surface area contributed by atoms with Gasteiger partial charge in [0.1, 0.15) is 11.9 Å². The van der Waals surface area contributed by atoms with Crippen molar-refractivity contribution >= 4 is 39.4 Å². The molecule has 3 aromatic heterocycles. The number of carbonyl (C=O) groups is 2. The topological polar surface area (TPSA) is 116 Å². The van der Waals surface area contributed by atoms with Gasteiger partial charge in [0.25, 0.3) is 5.91 Å². The second-order valence-electron chi connectivity index (χ2n) is 8.90. The molecule has 1 atom stereocenters. The van der Waals surface area contributed by atoms with Gasteiger partial charge in [-0.3, -0.25) is 19.6 Å². The van der Waals surface area contributed by atoms with Crippen molar-refractivity contribution in [3.63, 3.8) is 0 Å². The summed E-state index contributed by atoms with van der Waals surface area (Å²) in [5, 5.41) is 6.39. The third-order valence-corrected chi connectivity index (χ3v) is 6.77. The Labute approximate surface area is 210 Å². The molecule has 0 saturated heterocycles. The second-order valence-corrected chi connectivity index (χ2v) is 8.90. The number of H-pyrrole nitrogens is 1. The Hall–Kier alpha value is -4.73. The van der Waals surface area contributed by atoms with Gasteiger partial charge in [-0.25, -0.2) is 4.39 Å². The van der Waals surface area contributed by atoms with Gasteiger partial charge in [-0.05, 0) is 42.0 Å². The van der Waals surface area contributed by atoms with Crippen LogP contribution in [0.4, 0.5) is 10.1 Å². The summed E-state index contributed by atoms with van der Waals surface area (Å²) in [6.07, 6.45) is 4.92. The van der Waals surface area contributed by atoms with Crippen LogP contribution < -0.4 is 10.6 Å². The van der Waals surface area contributed by atoms with Crippen LogP contribution in [0.15, 0.2) is 65.5 Å². The van der Waals surface area contributed by atoms with Crippen molar-refractivity contribution in [3.8, 4) is 0 Å². The third kappa shape index (κ3) is 3.96. The molecular formula is C27H23FN6O3. The number of halogens is 1.